The highest BCUT2D eigenvalue weighted by Crippen LogP contribution is 2.30. The molecule has 21 heavy (non-hydrogen) atoms. The predicted octanol–water partition coefficient (Wildman–Crippen LogP) is 2.91. The average Bonchev–Trinajstić information content (AvgIpc) is 2.91. The van der Waals surface area contributed by atoms with Gasteiger partial charge in [0.1, 0.15) is 0 Å². The van der Waals surface area contributed by atoms with Crippen molar-refractivity contribution in [3.05, 3.63) is 35.9 Å². The highest BCUT2D eigenvalue weighted by molar-refractivity contribution is 5.80. The molecule has 1 aromatic carbocycles. The Balaban J connectivity index is 1.64. The topological polar surface area (TPSA) is 46.3 Å². The summed E-state index contributed by atoms with van der Waals surface area (Å²) in [7, 11) is 0. The number of likely N-dealkylation sites (tertiary alicyclic amines) is 1. The molecule has 1 heterocycles. The summed E-state index contributed by atoms with van der Waals surface area (Å²) in [5.41, 5.74) is 7.61. The molecule has 2 aliphatic rings. The molecule has 1 aliphatic heterocycles. The number of nitrogens with zero attached hydrogens (tertiary/aromatic N) is 1. The van der Waals surface area contributed by atoms with Crippen molar-refractivity contribution in [1.29, 1.82) is 0 Å². The molecule has 0 radical (unpaired) electrons. The SMILES string of the molecule is NC1CCCCCC1C(=O)N1CCC(c2ccccc2)C1. The van der Waals surface area contributed by atoms with E-state index in [9.17, 15) is 4.79 Å². The number of hydrogen-bond acceptors (Lipinski definition) is 2. The van der Waals surface area contributed by atoms with Gasteiger partial charge in [-0.2, -0.15) is 0 Å². The van der Waals surface area contributed by atoms with Gasteiger partial charge in [0.2, 0.25) is 5.91 Å². The van der Waals surface area contributed by atoms with E-state index in [0.29, 0.717) is 11.8 Å². The molecule has 1 saturated heterocycles. The summed E-state index contributed by atoms with van der Waals surface area (Å²) in [6.07, 6.45) is 6.62. The Hall–Kier alpha value is -1.35. The maximum Gasteiger partial charge on any atom is 0.227 e. The van der Waals surface area contributed by atoms with E-state index in [4.69, 9.17) is 5.73 Å². The Morgan fingerprint density at radius 3 is 2.62 bits per heavy atom. The highest BCUT2D eigenvalue weighted by Gasteiger charge is 2.34. The maximum absolute atomic E-state index is 12.8. The van der Waals surface area contributed by atoms with Crippen LogP contribution in [-0.4, -0.2) is 29.9 Å². The zero-order valence-corrected chi connectivity index (χ0v) is 12.7. The molecule has 3 unspecified atom stereocenters. The molecule has 0 aromatic heterocycles. The summed E-state index contributed by atoms with van der Waals surface area (Å²) >= 11 is 0. The van der Waals surface area contributed by atoms with Crippen LogP contribution < -0.4 is 5.73 Å². The van der Waals surface area contributed by atoms with E-state index >= 15 is 0 Å². The first-order valence-electron chi connectivity index (χ1n) is 8.35. The van der Waals surface area contributed by atoms with Gasteiger partial charge in [0.05, 0.1) is 5.92 Å². The summed E-state index contributed by atoms with van der Waals surface area (Å²) in [4.78, 5) is 14.8. The number of carbonyl (C=O) groups excluding carboxylic acids is 1. The van der Waals surface area contributed by atoms with Crippen molar-refractivity contribution in [3.63, 3.8) is 0 Å². The molecule has 1 aliphatic carbocycles. The molecule has 1 saturated carbocycles. The number of amides is 1. The summed E-state index contributed by atoms with van der Waals surface area (Å²) in [5.74, 6) is 0.863. The lowest BCUT2D eigenvalue weighted by Gasteiger charge is -2.26. The minimum absolute atomic E-state index is 0.0574. The second-order valence-corrected chi connectivity index (χ2v) is 6.59. The second kappa shape index (κ2) is 6.61. The Morgan fingerprint density at radius 1 is 1.05 bits per heavy atom. The van der Waals surface area contributed by atoms with E-state index in [-0.39, 0.29) is 12.0 Å². The minimum Gasteiger partial charge on any atom is -0.342 e. The van der Waals surface area contributed by atoms with Crippen LogP contribution in [0.5, 0.6) is 0 Å². The Morgan fingerprint density at radius 2 is 1.81 bits per heavy atom. The van der Waals surface area contributed by atoms with Gasteiger partial charge in [-0.25, -0.2) is 0 Å². The summed E-state index contributed by atoms with van der Waals surface area (Å²) in [6, 6.07) is 10.6. The first-order chi connectivity index (χ1) is 10.3. The molecule has 114 valence electrons. The molecule has 0 bridgehead atoms. The Bertz CT molecular complexity index is 473. The number of nitrogens with two attached hydrogens (primary N) is 1. The summed E-state index contributed by atoms with van der Waals surface area (Å²) in [6.45, 7) is 1.76. The van der Waals surface area contributed by atoms with Crippen molar-refractivity contribution < 1.29 is 4.79 Å². The Kier molecular flexibility index (Phi) is 4.59. The van der Waals surface area contributed by atoms with Gasteiger partial charge in [0, 0.05) is 25.0 Å². The van der Waals surface area contributed by atoms with Crippen LogP contribution >= 0.6 is 0 Å². The van der Waals surface area contributed by atoms with E-state index in [0.717, 1.165) is 38.8 Å². The van der Waals surface area contributed by atoms with Crippen LogP contribution in [0.1, 0.15) is 50.0 Å². The van der Waals surface area contributed by atoms with Crippen LogP contribution in [-0.2, 0) is 4.79 Å². The molecule has 3 heteroatoms. The molecule has 3 nitrogen and oxygen atoms in total. The highest BCUT2D eigenvalue weighted by atomic mass is 16.2. The van der Waals surface area contributed by atoms with Crippen LogP contribution in [0.2, 0.25) is 0 Å². The van der Waals surface area contributed by atoms with Gasteiger partial charge < -0.3 is 10.6 Å². The van der Waals surface area contributed by atoms with Gasteiger partial charge in [-0.15, -0.1) is 0 Å². The number of carbonyl (C=O) groups is 1. The van der Waals surface area contributed by atoms with Crippen molar-refractivity contribution in [2.45, 2.75) is 50.5 Å². The van der Waals surface area contributed by atoms with E-state index in [1.807, 2.05) is 6.07 Å². The van der Waals surface area contributed by atoms with E-state index < -0.39 is 0 Å². The first kappa shape index (κ1) is 14.6. The maximum atomic E-state index is 12.8. The van der Waals surface area contributed by atoms with Crippen LogP contribution in [0.3, 0.4) is 0 Å². The van der Waals surface area contributed by atoms with Crippen molar-refractivity contribution in [2.75, 3.05) is 13.1 Å². The number of hydrogen-bond donors (Lipinski definition) is 1. The zero-order valence-electron chi connectivity index (χ0n) is 12.7. The molecular formula is C18H26N2O. The fourth-order valence-corrected chi connectivity index (χ4v) is 3.84. The fourth-order valence-electron chi connectivity index (χ4n) is 3.84. The lowest BCUT2D eigenvalue weighted by molar-refractivity contribution is -0.135. The van der Waals surface area contributed by atoms with Gasteiger partial charge >= 0.3 is 0 Å². The third kappa shape index (κ3) is 3.29. The van der Waals surface area contributed by atoms with Gasteiger partial charge in [-0.3, -0.25) is 4.79 Å². The van der Waals surface area contributed by atoms with Crippen LogP contribution in [0, 0.1) is 5.92 Å². The van der Waals surface area contributed by atoms with Crippen molar-refractivity contribution in [1.82, 2.24) is 4.90 Å². The molecule has 3 atom stereocenters. The van der Waals surface area contributed by atoms with Crippen molar-refractivity contribution >= 4 is 5.91 Å². The molecular weight excluding hydrogens is 260 g/mol. The monoisotopic (exact) mass is 286 g/mol. The van der Waals surface area contributed by atoms with E-state index in [1.165, 1.54) is 18.4 Å². The lowest BCUT2D eigenvalue weighted by Crippen LogP contribution is -2.42. The van der Waals surface area contributed by atoms with E-state index in [1.54, 1.807) is 0 Å². The van der Waals surface area contributed by atoms with Gasteiger partial charge in [-0.05, 0) is 24.8 Å². The van der Waals surface area contributed by atoms with Crippen LogP contribution in [0.4, 0.5) is 0 Å². The molecule has 0 spiro atoms. The fraction of sp³-hybridized carbons (Fsp3) is 0.611. The van der Waals surface area contributed by atoms with E-state index in [2.05, 4.69) is 29.2 Å². The molecule has 3 rings (SSSR count). The molecule has 1 aromatic rings. The molecule has 1 amide bonds. The number of rotatable bonds is 2. The summed E-state index contributed by atoms with van der Waals surface area (Å²) in [5, 5.41) is 0. The average molecular weight is 286 g/mol. The minimum atomic E-state index is 0.0574. The van der Waals surface area contributed by atoms with Gasteiger partial charge in [0.25, 0.3) is 0 Å². The largest absolute Gasteiger partial charge is 0.342 e. The smallest absolute Gasteiger partial charge is 0.227 e. The third-order valence-corrected chi connectivity index (χ3v) is 5.16. The molecule has 2 N–H and O–H groups in total. The quantitative estimate of drug-likeness (QED) is 0.850. The lowest BCUT2D eigenvalue weighted by atomic mass is 9.94. The van der Waals surface area contributed by atoms with Crippen molar-refractivity contribution in [3.8, 4) is 0 Å². The third-order valence-electron chi connectivity index (χ3n) is 5.16. The summed E-state index contributed by atoms with van der Waals surface area (Å²) < 4.78 is 0. The predicted molar refractivity (Wildman–Crippen MR) is 84.9 cm³/mol. The zero-order chi connectivity index (χ0) is 14.7. The van der Waals surface area contributed by atoms with Crippen molar-refractivity contribution in [2.24, 2.45) is 11.7 Å². The van der Waals surface area contributed by atoms with Gasteiger partial charge in [0.15, 0.2) is 0 Å². The standard InChI is InChI=1S/C18H26N2O/c19-17-10-6-2-5-9-16(17)18(21)20-12-11-15(13-20)14-7-3-1-4-8-14/h1,3-4,7-8,15-17H,2,5-6,9-13,19H2. The molecule has 2 fully saturated rings. The Labute approximate surface area is 127 Å². The van der Waals surface area contributed by atoms with Gasteiger partial charge in [-0.1, -0.05) is 49.6 Å². The first-order valence-corrected chi connectivity index (χ1v) is 8.35. The van der Waals surface area contributed by atoms with Crippen LogP contribution in [0.25, 0.3) is 0 Å². The normalized spacial score (nSPS) is 30.1. The van der Waals surface area contributed by atoms with Crippen LogP contribution in [0.15, 0.2) is 30.3 Å². The number of benzene rings is 1. The second-order valence-electron chi connectivity index (χ2n) is 6.59.